The van der Waals surface area contributed by atoms with E-state index < -0.39 is 0 Å². The van der Waals surface area contributed by atoms with Crippen molar-refractivity contribution in [2.24, 2.45) is 0 Å². The highest BCUT2D eigenvalue weighted by molar-refractivity contribution is 9.10. The molecule has 0 saturated carbocycles. The summed E-state index contributed by atoms with van der Waals surface area (Å²) in [5.41, 5.74) is 0.710. The van der Waals surface area contributed by atoms with E-state index in [4.69, 9.17) is 0 Å². The molecule has 0 aliphatic carbocycles. The average Bonchev–Trinajstić information content (AvgIpc) is 2.74. The summed E-state index contributed by atoms with van der Waals surface area (Å²) in [5, 5.41) is 3.22. The SMILES string of the molecule is Cc1nc(Nc2ccccn2)cc(N2CCN(C(=O)c3ccc(Br)cc3)CC2)n1. The predicted octanol–water partition coefficient (Wildman–Crippen LogP) is 3.65. The number of rotatable bonds is 4. The van der Waals surface area contributed by atoms with Crippen LogP contribution in [0.1, 0.15) is 16.2 Å². The van der Waals surface area contributed by atoms with Gasteiger partial charge in [-0.05, 0) is 43.3 Å². The van der Waals surface area contributed by atoms with E-state index in [1.54, 1.807) is 6.20 Å². The Labute approximate surface area is 177 Å². The minimum Gasteiger partial charge on any atom is -0.353 e. The van der Waals surface area contributed by atoms with Gasteiger partial charge in [0.15, 0.2) is 0 Å². The van der Waals surface area contributed by atoms with Crippen molar-refractivity contribution in [2.75, 3.05) is 36.4 Å². The summed E-state index contributed by atoms with van der Waals surface area (Å²) in [6, 6.07) is 15.1. The van der Waals surface area contributed by atoms with Gasteiger partial charge in [-0.2, -0.15) is 0 Å². The molecule has 1 N–H and O–H groups in total. The fourth-order valence-corrected chi connectivity index (χ4v) is 3.52. The van der Waals surface area contributed by atoms with E-state index in [-0.39, 0.29) is 5.91 Å². The standard InChI is InChI=1S/C21H21BrN6O/c1-15-24-19(26-18-4-2-3-9-23-18)14-20(25-15)27-10-12-28(13-11-27)21(29)16-5-7-17(22)8-6-16/h2-9,14H,10-13H2,1H3,(H,23,24,25,26). The van der Waals surface area contributed by atoms with Crippen molar-refractivity contribution in [2.45, 2.75) is 6.92 Å². The minimum atomic E-state index is 0.0634. The molecule has 0 spiro atoms. The lowest BCUT2D eigenvalue weighted by Crippen LogP contribution is -2.49. The third-order valence-electron chi connectivity index (χ3n) is 4.73. The Bertz CT molecular complexity index is 988. The summed E-state index contributed by atoms with van der Waals surface area (Å²) in [5.74, 6) is 3.05. The van der Waals surface area contributed by atoms with E-state index in [1.807, 2.05) is 60.4 Å². The maximum absolute atomic E-state index is 12.7. The van der Waals surface area contributed by atoms with Gasteiger partial charge >= 0.3 is 0 Å². The van der Waals surface area contributed by atoms with Crippen LogP contribution in [0.2, 0.25) is 0 Å². The van der Waals surface area contributed by atoms with Gasteiger partial charge in [-0.15, -0.1) is 0 Å². The van der Waals surface area contributed by atoms with Crippen molar-refractivity contribution < 1.29 is 4.79 Å². The van der Waals surface area contributed by atoms with Gasteiger partial charge in [0.05, 0.1) is 0 Å². The zero-order valence-electron chi connectivity index (χ0n) is 16.0. The number of anilines is 3. The lowest BCUT2D eigenvalue weighted by molar-refractivity contribution is 0.0746. The van der Waals surface area contributed by atoms with Gasteiger partial charge in [-0.1, -0.05) is 22.0 Å². The Balaban J connectivity index is 1.43. The maximum Gasteiger partial charge on any atom is 0.253 e. The molecule has 1 aliphatic heterocycles. The van der Waals surface area contributed by atoms with Crippen LogP contribution < -0.4 is 10.2 Å². The van der Waals surface area contributed by atoms with E-state index in [2.05, 4.69) is 41.1 Å². The van der Waals surface area contributed by atoms with E-state index in [1.165, 1.54) is 0 Å². The second-order valence-electron chi connectivity index (χ2n) is 6.78. The number of hydrogen-bond donors (Lipinski definition) is 1. The third kappa shape index (κ3) is 4.71. The molecule has 0 radical (unpaired) electrons. The summed E-state index contributed by atoms with van der Waals surface area (Å²) in [7, 11) is 0. The molecule has 29 heavy (non-hydrogen) atoms. The van der Waals surface area contributed by atoms with Gasteiger partial charge in [0.1, 0.15) is 23.3 Å². The van der Waals surface area contributed by atoms with Crippen LogP contribution in [-0.4, -0.2) is 51.9 Å². The largest absolute Gasteiger partial charge is 0.353 e. The van der Waals surface area contributed by atoms with Crippen LogP contribution >= 0.6 is 15.9 Å². The lowest BCUT2D eigenvalue weighted by Gasteiger charge is -2.35. The van der Waals surface area contributed by atoms with Gasteiger partial charge in [-0.3, -0.25) is 4.79 Å². The Morgan fingerprint density at radius 3 is 2.45 bits per heavy atom. The first kappa shape index (κ1) is 19.3. The van der Waals surface area contributed by atoms with Gasteiger partial charge < -0.3 is 15.1 Å². The first-order chi connectivity index (χ1) is 14.1. The molecule has 2 aromatic heterocycles. The maximum atomic E-state index is 12.7. The molecule has 3 aromatic rings. The number of pyridine rings is 1. The average molecular weight is 453 g/mol. The number of nitrogens with zero attached hydrogens (tertiary/aromatic N) is 5. The summed E-state index contributed by atoms with van der Waals surface area (Å²) >= 11 is 3.40. The van der Waals surface area contributed by atoms with E-state index >= 15 is 0 Å². The number of benzene rings is 1. The molecule has 8 heteroatoms. The molecular weight excluding hydrogens is 432 g/mol. The molecule has 148 valence electrons. The number of carbonyl (C=O) groups is 1. The molecule has 1 aliphatic rings. The van der Waals surface area contributed by atoms with Gasteiger partial charge in [0.25, 0.3) is 5.91 Å². The molecular formula is C21H21BrN6O. The fraction of sp³-hybridized carbons (Fsp3) is 0.238. The van der Waals surface area contributed by atoms with Crippen LogP contribution in [0, 0.1) is 6.92 Å². The molecule has 1 saturated heterocycles. The summed E-state index contributed by atoms with van der Waals surface area (Å²) in [6.45, 7) is 4.63. The topological polar surface area (TPSA) is 74.2 Å². The number of hydrogen-bond acceptors (Lipinski definition) is 6. The van der Waals surface area contributed by atoms with Crippen LogP contribution in [0.5, 0.6) is 0 Å². The molecule has 1 aromatic carbocycles. The smallest absolute Gasteiger partial charge is 0.253 e. The Morgan fingerprint density at radius 2 is 1.76 bits per heavy atom. The van der Waals surface area contributed by atoms with E-state index in [0.717, 1.165) is 29.2 Å². The first-order valence-corrected chi connectivity index (χ1v) is 10.2. The van der Waals surface area contributed by atoms with Crippen LogP contribution in [0.25, 0.3) is 0 Å². The zero-order valence-corrected chi connectivity index (χ0v) is 17.6. The second kappa shape index (κ2) is 8.57. The number of aryl methyl sites for hydroxylation is 1. The molecule has 0 bridgehead atoms. The third-order valence-corrected chi connectivity index (χ3v) is 5.26. The normalized spacial score (nSPS) is 14.0. The molecule has 1 amide bonds. The van der Waals surface area contributed by atoms with Crippen LogP contribution in [0.3, 0.4) is 0 Å². The Kier molecular flexibility index (Phi) is 5.71. The lowest BCUT2D eigenvalue weighted by atomic mass is 10.2. The second-order valence-corrected chi connectivity index (χ2v) is 7.70. The monoisotopic (exact) mass is 452 g/mol. The number of nitrogens with one attached hydrogen (secondary N) is 1. The van der Waals surface area contributed by atoms with Crippen molar-refractivity contribution in [3.8, 4) is 0 Å². The molecule has 1 fully saturated rings. The highest BCUT2D eigenvalue weighted by Gasteiger charge is 2.23. The summed E-state index contributed by atoms with van der Waals surface area (Å²) in [4.78, 5) is 30.1. The van der Waals surface area contributed by atoms with E-state index in [9.17, 15) is 4.79 Å². The highest BCUT2D eigenvalue weighted by atomic mass is 79.9. The molecule has 3 heterocycles. The van der Waals surface area contributed by atoms with Gasteiger partial charge in [0, 0.05) is 48.5 Å². The van der Waals surface area contributed by atoms with Crippen molar-refractivity contribution >= 4 is 39.3 Å². The van der Waals surface area contributed by atoms with E-state index in [0.29, 0.717) is 30.3 Å². The number of piperazine rings is 1. The number of carbonyl (C=O) groups excluding carboxylic acids is 1. The van der Waals surface area contributed by atoms with Crippen molar-refractivity contribution in [3.63, 3.8) is 0 Å². The summed E-state index contributed by atoms with van der Waals surface area (Å²) in [6.07, 6.45) is 1.74. The van der Waals surface area contributed by atoms with Gasteiger partial charge in [-0.25, -0.2) is 15.0 Å². The first-order valence-electron chi connectivity index (χ1n) is 9.42. The molecule has 4 rings (SSSR count). The van der Waals surface area contributed by atoms with Crippen LogP contribution in [0.4, 0.5) is 17.5 Å². The molecule has 0 unspecified atom stereocenters. The van der Waals surface area contributed by atoms with Gasteiger partial charge in [0.2, 0.25) is 0 Å². The molecule has 0 atom stereocenters. The number of halogens is 1. The van der Waals surface area contributed by atoms with Crippen LogP contribution in [-0.2, 0) is 0 Å². The number of aromatic nitrogens is 3. The highest BCUT2D eigenvalue weighted by Crippen LogP contribution is 2.21. The minimum absolute atomic E-state index is 0.0634. The van der Waals surface area contributed by atoms with Crippen LogP contribution in [0.15, 0.2) is 59.2 Å². The molecule has 7 nitrogen and oxygen atoms in total. The fourth-order valence-electron chi connectivity index (χ4n) is 3.26. The van der Waals surface area contributed by atoms with Crippen molar-refractivity contribution in [1.82, 2.24) is 19.9 Å². The van der Waals surface area contributed by atoms with Crippen molar-refractivity contribution in [1.29, 1.82) is 0 Å². The Hall–Kier alpha value is -3.00. The number of amides is 1. The van der Waals surface area contributed by atoms with Crippen molar-refractivity contribution in [3.05, 3.63) is 70.6 Å². The summed E-state index contributed by atoms with van der Waals surface area (Å²) < 4.78 is 0.966. The Morgan fingerprint density at radius 1 is 1.00 bits per heavy atom. The predicted molar refractivity (Wildman–Crippen MR) is 117 cm³/mol. The quantitative estimate of drug-likeness (QED) is 0.650. The zero-order chi connectivity index (χ0) is 20.2.